The fourth-order valence-electron chi connectivity index (χ4n) is 3.41. The van der Waals surface area contributed by atoms with Crippen LogP contribution in [0, 0.1) is 0 Å². The summed E-state index contributed by atoms with van der Waals surface area (Å²) in [4.78, 5) is 0. The highest BCUT2D eigenvalue weighted by atomic mass is 32.2. The number of thioether (sulfide) groups is 1. The Labute approximate surface area is 132 Å². The smallest absolute Gasteiger partial charge is 0.191 e. The van der Waals surface area contributed by atoms with Crippen LogP contribution >= 0.6 is 11.8 Å². The van der Waals surface area contributed by atoms with Crippen LogP contribution in [0.4, 0.5) is 0 Å². The Hall–Kier alpha value is -0.550. The van der Waals surface area contributed by atoms with Crippen LogP contribution in [-0.2, 0) is 13.0 Å². The first-order chi connectivity index (χ1) is 10.4. The van der Waals surface area contributed by atoms with Gasteiger partial charge in [-0.3, -0.25) is 0 Å². The van der Waals surface area contributed by atoms with Gasteiger partial charge in [0.05, 0.1) is 0 Å². The number of nitrogens with zero attached hydrogens (tertiary/aromatic N) is 3. The van der Waals surface area contributed by atoms with Crippen molar-refractivity contribution in [2.24, 2.45) is 0 Å². The zero-order chi connectivity index (χ0) is 14.3. The van der Waals surface area contributed by atoms with Gasteiger partial charge < -0.3 is 9.88 Å². The van der Waals surface area contributed by atoms with Crippen molar-refractivity contribution >= 4 is 11.8 Å². The van der Waals surface area contributed by atoms with E-state index in [9.17, 15) is 0 Å². The van der Waals surface area contributed by atoms with Crippen molar-refractivity contribution in [2.45, 2.75) is 82.0 Å². The van der Waals surface area contributed by atoms with Gasteiger partial charge in [-0.1, -0.05) is 37.4 Å². The lowest BCUT2D eigenvalue weighted by Gasteiger charge is -2.22. The third-order valence-electron chi connectivity index (χ3n) is 4.67. The van der Waals surface area contributed by atoms with Crippen LogP contribution in [0.25, 0.3) is 0 Å². The van der Waals surface area contributed by atoms with E-state index >= 15 is 0 Å². The first-order valence-electron chi connectivity index (χ1n) is 8.72. The third-order valence-corrected chi connectivity index (χ3v) is 5.72. The molecule has 1 saturated carbocycles. The molecule has 0 unspecified atom stereocenters. The average molecular weight is 308 g/mol. The van der Waals surface area contributed by atoms with E-state index in [1.165, 1.54) is 63.6 Å². The van der Waals surface area contributed by atoms with E-state index in [4.69, 9.17) is 0 Å². The lowest BCUT2D eigenvalue weighted by molar-refractivity contribution is 0.375. The zero-order valence-electron chi connectivity index (χ0n) is 13.0. The maximum Gasteiger partial charge on any atom is 0.191 e. The van der Waals surface area contributed by atoms with Crippen LogP contribution in [0.15, 0.2) is 5.16 Å². The summed E-state index contributed by atoms with van der Waals surface area (Å²) in [5, 5.41) is 13.6. The molecule has 0 bridgehead atoms. The molecule has 0 radical (unpaired) electrons. The van der Waals surface area contributed by atoms with Crippen LogP contribution in [0.5, 0.6) is 0 Å². The van der Waals surface area contributed by atoms with E-state index in [-0.39, 0.29) is 0 Å². The van der Waals surface area contributed by atoms with E-state index in [0.29, 0.717) is 0 Å². The predicted molar refractivity (Wildman–Crippen MR) is 87.8 cm³/mol. The molecule has 0 saturated heterocycles. The monoisotopic (exact) mass is 308 g/mol. The highest BCUT2D eigenvalue weighted by Gasteiger charge is 2.15. The Kier molecular flexibility index (Phi) is 5.98. The molecule has 0 atom stereocenters. The zero-order valence-corrected chi connectivity index (χ0v) is 13.8. The SMILES string of the molecule is C1CCC(NCCCSc2nnc3n2CCCCC3)CC1. The summed E-state index contributed by atoms with van der Waals surface area (Å²) in [6.45, 7) is 2.27. The molecule has 2 heterocycles. The van der Waals surface area contributed by atoms with Crippen molar-refractivity contribution in [3.63, 3.8) is 0 Å². The normalized spacial score (nSPS) is 20.2. The molecule has 1 aromatic heterocycles. The van der Waals surface area contributed by atoms with Gasteiger partial charge in [-0.05, 0) is 38.6 Å². The van der Waals surface area contributed by atoms with E-state index in [2.05, 4.69) is 20.1 Å². The Morgan fingerprint density at radius 3 is 2.81 bits per heavy atom. The van der Waals surface area contributed by atoms with Crippen molar-refractivity contribution in [3.8, 4) is 0 Å². The molecule has 1 N–H and O–H groups in total. The lowest BCUT2D eigenvalue weighted by Crippen LogP contribution is -2.31. The highest BCUT2D eigenvalue weighted by molar-refractivity contribution is 7.99. The summed E-state index contributed by atoms with van der Waals surface area (Å²) in [6.07, 6.45) is 13.2. The number of nitrogens with one attached hydrogen (secondary N) is 1. The molecule has 4 nitrogen and oxygen atoms in total. The van der Waals surface area contributed by atoms with E-state index in [1.807, 2.05) is 11.8 Å². The second-order valence-corrected chi connectivity index (χ2v) is 7.41. The van der Waals surface area contributed by atoms with Crippen molar-refractivity contribution in [1.82, 2.24) is 20.1 Å². The predicted octanol–water partition coefficient (Wildman–Crippen LogP) is 3.41. The molecule has 3 rings (SSSR count). The van der Waals surface area contributed by atoms with Gasteiger partial charge in [-0.25, -0.2) is 0 Å². The van der Waals surface area contributed by atoms with Gasteiger partial charge in [0.2, 0.25) is 0 Å². The maximum absolute atomic E-state index is 4.38. The molecule has 1 fully saturated rings. The molecule has 1 aliphatic carbocycles. The second-order valence-electron chi connectivity index (χ2n) is 6.35. The number of aromatic nitrogens is 3. The summed E-state index contributed by atoms with van der Waals surface area (Å²) < 4.78 is 2.35. The van der Waals surface area contributed by atoms with Crippen LogP contribution in [-0.4, -0.2) is 33.1 Å². The number of hydrogen-bond acceptors (Lipinski definition) is 4. The first kappa shape index (κ1) is 15.3. The van der Waals surface area contributed by atoms with E-state index in [1.54, 1.807) is 0 Å². The molecule has 2 aliphatic rings. The van der Waals surface area contributed by atoms with Gasteiger partial charge in [0.1, 0.15) is 5.82 Å². The van der Waals surface area contributed by atoms with Gasteiger partial charge >= 0.3 is 0 Å². The topological polar surface area (TPSA) is 42.7 Å². The maximum atomic E-state index is 4.38. The molecule has 0 spiro atoms. The molecule has 0 aromatic carbocycles. The standard InChI is InChI=1S/C16H28N4S/c1-3-8-14(9-4-1)17-11-7-13-21-16-19-18-15-10-5-2-6-12-20(15)16/h14,17H,1-13H2. The summed E-state index contributed by atoms with van der Waals surface area (Å²) >= 11 is 1.89. The summed E-state index contributed by atoms with van der Waals surface area (Å²) in [6, 6.07) is 0.785. The first-order valence-corrected chi connectivity index (χ1v) is 9.70. The van der Waals surface area contributed by atoms with E-state index < -0.39 is 0 Å². The quantitative estimate of drug-likeness (QED) is 0.646. The molecular weight excluding hydrogens is 280 g/mol. The van der Waals surface area contributed by atoms with Crippen molar-refractivity contribution in [3.05, 3.63) is 5.82 Å². The Morgan fingerprint density at radius 1 is 1.05 bits per heavy atom. The minimum absolute atomic E-state index is 0.785. The minimum atomic E-state index is 0.785. The molecular formula is C16H28N4S. The molecule has 1 aromatic rings. The fraction of sp³-hybridized carbons (Fsp3) is 0.875. The molecule has 1 aliphatic heterocycles. The van der Waals surface area contributed by atoms with Gasteiger partial charge in [0.15, 0.2) is 5.16 Å². The van der Waals surface area contributed by atoms with Crippen molar-refractivity contribution in [2.75, 3.05) is 12.3 Å². The Balaban J connectivity index is 1.36. The molecule has 21 heavy (non-hydrogen) atoms. The number of fused-ring (bicyclic) bond motifs is 1. The fourth-order valence-corrected chi connectivity index (χ4v) is 4.34. The number of aryl methyl sites for hydroxylation is 1. The van der Waals surface area contributed by atoms with Crippen LogP contribution in [0.3, 0.4) is 0 Å². The third kappa shape index (κ3) is 4.46. The number of rotatable bonds is 6. The summed E-state index contributed by atoms with van der Waals surface area (Å²) in [5.74, 6) is 2.35. The van der Waals surface area contributed by atoms with Crippen LogP contribution < -0.4 is 5.32 Å². The van der Waals surface area contributed by atoms with Crippen molar-refractivity contribution in [1.29, 1.82) is 0 Å². The largest absolute Gasteiger partial charge is 0.314 e. The minimum Gasteiger partial charge on any atom is -0.314 e. The molecule has 118 valence electrons. The summed E-state index contributed by atoms with van der Waals surface area (Å²) in [5.41, 5.74) is 0. The lowest BCUT2D eigenvalue weighted by atomic mass is 9.95. The Morgan fingerprint density at radius 2 is 1.90 bits per heavy atom. The van der Waals surface area contributed by atoms with Crippen LogP contribution in [0.2, 0.25) is 0 Å². The van der Waals surface area contributed by atoms with Crippen molar-refractivity contribution < 1.29 is 0 Å². The van der Waals surface area contributed by atoms with Crippen LogP contribution in [0.1, 0.15) is 63.6 Å². The second kappa shape index (κ2) is 8.18. The van der Waals surface area contributed by atoms with Gasteiger partial charge in [-0.15, -0.1) is 10.2 Å². The average Bonchev–Trinajstić information content (AvgIpc) is 2.76. The Bertz CT molecular complexity index is 426. The van der Waals surface area contributed by atoms with Gasteiger partial charge in [-0.2, -0.15) is 0 Å². The highest BCUT2D eigenvalue weighted by Crippen LogP contribution is 2.22. The summed E-state index contributed by atoms with van der Waals surface area (Å²) in [7, 11) is 0. The van der Waals surface area contributed by atoms with E-state index in [0.717, 1.165) is 36.5 Å². The molecule has 0 amide bonds. The molecule has 5 heteroatoms. The number of hydrogen-bond donors (Lipinski definition) is 1. The van der Waals surface area contributed by atoms with Gasteiger partial charge in [0, 0.05) is 24.8 Å². The van der Waals surface area contributed by atoms with Gasteiger partial charge in [0.25, 0.3) is 0 Å².